The molecule has 0 spiro atoms. The molecule has 0 radical (unpaired) electrons. The summed E-state index contributed by atoms with van der Waals surface area (Å²) in [4.78, 5) is 2.43. The van der Waals surface area contributed by atoms with E-state index in [1.807, 2.05) is 12.1 Å². The highest BCUT2D eigenvalue weighted by Crippen LogP contribution is 2.49. The van der Waals surface area contributed by atoms with Crippen molar-refractivity contribution >= 4 is 5.69 Å². The van der Waals surface area contributed by atoms with Crippen LogP contribution < -0.4 is 5.73 Å². The molecule has 1 fully saturated rings. The van der Waals surface area contributed by atoms with Crippen LogP contribution in [0.1, 0.15) is 32.3 Å². The Balaban J connectivity index is 1.99. The second kappa shape index (κ2) is 4.10. The number of nitrogens with zero attached hydrogens (tertiary/aromatic N) is 1. The van der Waals surface area contributed by atoms with Crippen LogP contribution in [-0.4, -0.2) is 18.0 Å². The van der Waals surface area contributed by atoms with Crippen molar-refractivity contribution in [2.24, 2.45) is 5.41 Å². The molecule has 0 bridgehead atoms. The summed E-state index contributed by atoms with van der Waals surface area (Å²) < 4.78 is 0. The topological polar surface area (TPSA) is 29.3 Å². The van der Waals surface area contributed by atoms with Crippen LogP contribution in [0.5, 0.6) is 0 Å². The monoisotopic (exact) mass is 218 g/mol. The number of nitrogen functional groups attached to an aromatic ring is 1. The lowest BCUT2D eigenvalue weighted by atomic mass is 9.99. The maximum atomic E-state index is 5.79. The molecule has 1 saturated carbocycles. The quantitative estimate of drug-likeness (QED) is 0.787. The van der Waals surface area contributed by atoms with Crippen molar-refractivity contribution in [1.82, 2.24) is 4.90 Å². The first-order valence-corrected chi connectivity index (χ1v) is 6.06. The largest absolute Gasteiger partial charge is 0.399 e. The summed E-state index contributed by atoms with van der Waals surface area (Å²) >= 11 is 0. The van der Waals surface area contributed by atoms with E-state index in [4.69, 9.17) is 5.73 Å². The molecule has 88 valence electrons. The molecule has 1 aliphatic rings. The number of hydrogen-bond donors (Lipinski definition) is 1. The minimum atomic E-state index is 0.551. The van der Waals surface area contributed by atoms with Crippen LogP contribution in [-0.2, 0) is 6.54 Å². The summed E-state index contributed by atoms with van der Waals surface area (Å²) in [6.07, 6.45) is 2.74. The second-order valence-corrected chi connectivity index (χ2v) is 5.49. The van der Waals surface area contributed by atoms with Crippen LogP contribution >= 0.6 is 0 Å². The van der Waals surface area contributed by atoms with E-state index in [-0.39, 0.29) is 0 Å². The maximum Gasteiger partial charge on any atom is 0.0317 e. The van der Waals surface area contributed by atoms with Gasteiger partial charge >= 0.3 is 0 Å². The highest BCUT2D eigenvalue weighted by atomic mass is 15.1. The lowest BCUT2D eigenvalue weighted by Crippen LogP contribution is -2.34. The summed E-state index contributed by atoms with van der Waals surface area (Å²) in [6.45, 7) is 5.70. The van der Waals surface area contributed by atoms with Crippen LogP contribution in [0.3, 0.4) is 0 Å². The Morgan fingerprint density at radius 2 is 2.12 bits per heavy atom. The molecule has 2 rings (SSSR count). The number of benzene rings is 1. The summed E-state index contributed by atoms with van der Waals surface area (Å²) in [5.74, 6) is 0. The first-order valence-electron chi connectivity index (χ1n) is 6.06. The molecule has 0 amide bonds. The number of nitrogens with two attached hydrogens (primary N) is 1. The van der Waals surface area contributed by atoms with Gasteiger partial charge in [-0.15, -0.1) is 0 Å². The van der Waals surface area contributed by atoms with Crippen LogP contribution in [0.4, 0.5) is 5.69 Å². The predicted molar refractivity (Wildman–Crippen MR) is 69.1 cm³/mol. The molecule has 1 aromatic rings. The number of anilines is 1. The molecule has 2 N–H and O–H groups in total. The SMILES string of the molecule is CC(N(C)Cc1cccc(N)c1)C1(C)CC1. The highest BCUT2D eigenvalue weighted by molar-refractivity contribution is 5.40. The molecule has 2 heteroatoms. The van der Waals surface area contributed by atoms with Gasteiger partial charge in [-0.05, 0) is 49.9 Å². The Labute approximate surface area is 98.4 Å². The summed E-state index contributed by atoms with van der Waals surface area (Å²) in [5, 5.41) is 0. The fourth-order valence-corrected chi connectivity index (χ4v) is 2.26. The van der Waals surface area contributed by atoms with Crippen molar-refractivity contribution in [3.8, 4) is 0 Å². The van der Waals surface area contributed by atoms with E-state index < -0.39 is 0 Å². The molecule has 0 saturated heterocycles. The van der Waals surface area contributed by atoms with Crippen molar-refractivity contribution in [2.45, 2.75) is 39.3 Å². The molecular weight excluding hydrogens is 196 g/mol. The number of hydrogen-bond acceptors (Lipinski definition) is 2. The standard InChI is InChI=1S/C14H22N2/c1-11(14(2)7-8-14)16(3)10-12-5-4-6-13(15)9-12/h4-6,9,11H,7-8,10,15H2,1-3H3. The average molecular weight is 218 g/mol. The second-order valence-electron chi connectivity index (χ2n) is 5.49. The Morgan fingerprint density at radius 3 is 2.69 bits per heavy atom. The van der Waals surface area contributed by atoms with Gasteiger partial charge in [0.15, 0.2) is 0 Å². The van der Waals surface area contributed by atoms with E-state index in [1.54, 1.807) is 0 Å². The first-order chi connectivity index (χ1) is 7.51. The Morgan fingerprint density at radius 1 is 1.44 bits per heavy atom. The van der Waals surface area contributed by atoms with Crippen molar-refractivity contribution in [3.05, 3.63) is 29.8 Å². The molecule has 0 aromatic heterocycles. The molecule has 0 aliphatic heterocycles. The van der Waals surface area contributed by atoms with Gasteiger partial charge in [-0.3, -0.25) is 4.90 Å². The normalized spacial score (nSPS) is 19.8. The fourth-order valence-electron chi connectivity index (χ4n) is 2.26. The molecule has 1 aliphatic carbocycles. The van der Waals surface area contributed by atoms with E-state index in [0.717, 1.165) is 12.2 Å². The van der Waals surface area contributed by atoms with Crippen LogP contribution in [0.25, 0.3) is 0 Å². The van der Waals surface area contributed by atoms with E-state index >= 15 is 0 Å². The first kappa shape index (κ1) is 11.5. The molecule has 0 heterocycles. The van der Waals surface area contributed by atoms with Gasteiger partial charge < -0.3 is 5.73 Å². The molecule has 2 nitrogen and oxygen atoms in total. The van der Waals surface area contributed by atoms with Crippen molar-refractivity contribution in [2.75, 3.05) is 12.8 Å². The molecule has 1 unspecified atom stereocenters. The minimum Gasteiger partial charge on any atom is -0.399 e. The van der Waals surface area contributed by atoms with Crippen molar-refractivity contribution in [3.63, 3.8) is 0 Å². The summed E-state index contributed by atoms with van der Waals surface area (Å²) in [6, 6.07) is 8.83. The third-order valence-corrected chi connectivity index (χ3v) is 4.09. The van der Waals surface area contributed by atoms with E-state index in [2.05, 4.69) is 37.9 Å². The van der Waals surface area contributed by atoms with Gasteiger partial charge in [-0.2, -0.15) is 0 Å². The van der Waals surface area contributed by atoms with Gasteiger partial charge in [0.25, 0.3) is 0 Å². The Kier molecular flexibility index (Phi) is 2.94. The van der Waals surface area contributed by atoms with E-state index in [0.29, 0.717) is 11.5 Å². The van der Waals surface area contributed by atoms with E-state index in [1.165, 1.54) is 18.4 Å². The maximum absolute atomic E-state index is 5.79. The molecule has 1 aromatic carbocycles. The lowest BCUT2D eigenvalue weighted by Gasteiger charge is -2.30. The van der Waals surface area contributed by atoms with Gasteiger partial charge in [-0.1, -0.05) is 19.1 Å². The van der Waals surface area contributed by atoms with Crippen molar-refractivity contribution < 1.29 is 0 Å². The van der Waals surface area contributed by atoms with Crippen LogP contribution in [0.2, 0.25) is 0 Å². The van der Waals surface area contributed by atoms with Gasteiger partial charge in [0, 0.05) is 18.3 Å². The zero-order valence-electron chi connectivity index (χ0n) is 10.5. The van der Waals surface area contributed by atoms with Gasteiger partial charge in [-0.25, -0.2) is 0 Å². The predicted octanol–water partition coefficient (Wildman–Crippen LogP) is 2.89. The molecule has 1 atom stereocenters. The smallest absolute Gasteiger partial charge is 0.0317 e. The van der Waals surface area contributed by atoms with Gasteiger partial charge in [0.2, 0.25) is 0 Å². The van der Waals surface area contributed by atoms with Gasteiger partial charge in [0.1, 0.15) is 0 Å². The zero-order chi connectivity index (χ0) is 11.8. The average Bonchev–Trinajstić information content (AvgIpc) is 2.96. The van der Waals surface area contributed by atoms with Crippen molar-refractivity contribution in [1.29, 1.82) is 0 Å². The Bertz CT molecular complexity index is 369. The minimum absolute atomic E-state index is 0.551. The van der Waals surface area contributed by atoms with Crippen LogP contribution in [0, 0.1) is 5.41 Å². The molecular formula is C14H22N2. The summed E-state index contributed by atoms with van der Waals surface area (Å²) in [7, 11) is 2.21. The zero-order valence-corrected chi connectivity index (χ0v) is 10.5. The third-order valence-electron chi connectivity index (χ3n) is 4.09. The van der Waals surface area contributed by atoms with Gasteiger partial charge in [0.05, 0.1) is 0 Å². The third kappa shape index (κ3) is 2.38. The van der Waals surface area contributed by atoms with Crippen LogP contribution in [0.15, 0.2) is 24.3 Å². The highest BCUT2D eigenvalue weighted by Gasteiger charge is 2.43. The Hall–Kier alpha value is -1.02. The molecule has 16 heavy (non-hydrogen) atoms. The number of rotatable bonds is 4. The fraction of sp³-hybridized carbons (Fsp3) is 0.571. The summed E-state index contributed by atoms with van der Waals surface area (Å²) in [5.41, 5.74) is 8.50. The lowest BCUT2D eigenvalue weighted by molar-refractivity contribution is 0.178. The van der Waals surface area contributed by atoms with E-state index in [9.17, 15) is 0 Å².